The predicted molar refractivity (Wildman–Crippen MR) is 92.3 cm³/mol. The predicted octanol–water partition coefficient (Wildman–Crippen LogP) is 2.65. The van der Waals surface area contributed by atoms with E-state index < -0.39 is 0 Å². The van der Waals surface area contributed by atoms with E-state index in [1.807, 2.05) is 35.0 Å². The fourth-order valence-electron chi connectivity index (χ4n) is 2.48. The molecule has 0 saturated carbocycles. The highest BCUT2D eigenvalue weighted by atomic mass is 35.5. The molecular formula is C15H20Cl2N4O. The van der Waals surface area contributed by atoms with Crippen LogP contribution in [0.3, 0.4) is 0 Å². The second kappa shape index (κ2) is 8.78. The highest BCUT2D eigenvalue weighted by Gasteiger charge is 2.20. The Balaban J connectivity index is 0.00000121. The SMILES string of the molecule is Cl.Cl.O=C(Nc1cccc(-n2ccnc2)c1)C1CCCNC1. The van der Waals surface area contributed by atoms with Crippen LogP contribution >= 0.6 is 24.8 Å². The summed E-state index contributed by atoms with van der Waals surface area (Å²) in [5.74, 6) is 0.167. The molecule has 1 atom stereocenters. The molecule has 1 amide bonds. The zero-order valence-corrected chi connectivity index (χ0v) is 13.7. The van der Waals surface area contributed by atoms with Gasteiger partial charge in [-0.15, -0.1) is 24.8 Å². The van der Waals surface area contributed by atoms with Gasteiger partial charge in [-0.1, -0.05) is 6.07 Å². The third-order valence-corrected chi connectivity index (χ3v) is 3.58. The van der Waals surface area contributed by atoms with Crippen LogP contribution in [0.15, 0.2) is 43.0 Å². The molecule has 0 spiro atoms. The number of nitrogens with zero attached hydrogens (tertiary/aromatic N) is 2. The van der Waals surface area contributed by atoms with Crippen LogP contribution in [0.1, 0.15) is 12.8 Å². The van der Waals surface area contributed by atoms with Crippen molar-refractivity contribution in [2.45, 2.75) is 12.8 Å². The Morgan fingerprint density at radius 1 is 1.36 bits per heavy atom. The molecule has 1 aliphatic rings. The molecule has 22 heavy (non-hydrogen) atoms. The molecule has 2 aromatic rings. The number of hydrogen-bond acceptors (Lipinski definition) is 3. The van der Waals surface area contributed by atoms with E-state index in [2.05, 4.69) is 15.6 Å². The fourth-order valence-corrected chi connectivity index (χ4v) is 2.48. The van der Waals surface area contributed by atoms with E-state index in [-0.39, 0.29) is 36.6 Å². The second-order valence-corrected chi connectivity index (χ2v) is 5.05. The minimum atomic E-state index is 0. The summed E-state index contributed by atoms with van der Waals surface area (Å²) in [7, 11) is 0. The van der Waals surface area contributed by atoms with Crippen LogP contribution in [0.5, 0.6) is 0 Å². The Hall–Kier alpha value is -1.56. The summed E-state index contributed by atoms with van der Waals surface area (Å²) in [4.78, 5) is 16.2. The van der Waals surface area contributed by atoms with Crippen LogP contribution < -0.4 is 10.6 Å². The van der Waals surface area contributed by atoms with Gasteiger partial charge in [0, 0.05) is 30.3 Å². The molecule has 3 rings (SSSR count). The topological polar surface area (TPSA) is 59.0 Å². The van der Waals surface area contributed by atoms with Gasteiger partial charge in [0.1, 0.15) is 0 Å². The molecule has 0 radical (unpaired) electrons. The number of imidazole rings is 1. The van der Waals surface area contributed by atoms with E-state index in [1.165, 1.54) is 0 Å². The summed E-state index contributed by atoms with van der Waals surface area (Å²) < 4.78 is 1.91. The Morgan fingerprint density at radius 3 is 2.91 bits per heavy atom. The van der Waals surface area contributed by atoms with E-state index in [0.717, 1.165) is 37.3 Å². The lowest BCUT2D eigenvalue weighted by atomic mass is 9.99. The molecule has 7 heteroatoms. The third-order valence-electron chi connectivity index (χ3n) is 3.58. The van der Waals surface area contributed by atoms with Crippen molar-refractivity contribution in [1.82, 2.24) is 14.9 Å². The smallest absolute Gasteiger partial charge is 0.228 e. The van der Waals surface area contributed by atoms with E-state index in [1.54, 1.807) is 12.5 Å². The van der Waals surface area contributed by atoms with Gasteiger partial charge in [0.05, 0.1) is 12.2 Å². The lowest BCUT2D eigenvalue weighted by Crippen LogP contribution is -2.37. The summed E-state index contributed by atoms with van der Waals surface area (Å²) in [6.45, 7) is 1.78. The number of anilines is 1. The Morgan fingerprint density at radius 2 is 2.23 bits per heavy atom. The molecule has 1 fully saturated rings. The van der Waals surface area contributed by atoms with Crippen molar-refractivity contribution < 1.29 is 4.79 Å². The van der Waals surface area contributed by atoms with Crippen LogP contribution in [0.4, 0.5) is 5.69 Å². The summed E-state index contributed by atoms with van der Waals surface area (Å²) in [6.07, 6.45) is 7.38. The molecule has 1 aromatic heterocycles. The molecule has 2 N–H and O–H groups in total. The Kier molecular flexibility index (Phi) is 7.38. The van der Waals surface area contributed by atoms with Gasteiger partial charge in [0.2, 0.25) is 5.91 Å². The van der Waals surface area contributed by atoms with Gasteiger partial charge >= 0.3 is 0 Å². The number of piperidine rings is 1. The molecule has 1 saturated heterocycles. The monoisotopic (exact) mass is 342 g/mol. The number of rotatable bonds is 3. The van der Waals surface area contributed by atoms with Crippen molar-refractivity contribution in [2.75, 3.05) is 18.4 Å². The first-order chi connectivity index (χ1) is 9.83. The molecule has 1 aliphatic heterocycles. The normalized spacial score (nSPS) is 17.0. The van der Waals surface area contributed by atoms with Crippen molar-refractivity contribution in [1.29, 1.82) is 0 Å². The van der Waals surface area contributed by atoms with E-state index >= 15 is 0 Å². The zero-order valence-electron chi connectivity index (χ0n) is 12.1. The first kappa shape index (κ1) is 18.5. The van der Waals surface area contributed by atoms with Crippen molar-refractivity contribution in [3.8, 4) is 5.69 Å². The third kappa shape index (κ3) is 4.47. The minimum absolute atomic E-state index is 0. The van der Waals surface area contributed by atoms with Crippen LogP contribution in [-0.2, 0) is 4.79 Å². The average molecular weight is 343 g/mol. The zero-order chi connectivity index (χ0) is 13.8. The van der Waals surface area contributed by atoms with Gasteiger partial charge in [-0.05, 0) is 37.6 Å². The van der Waals surface area contributed by atoms with Crippen molar-refractivity contribution in [2.24, 2.45) is 5.92 Å². The van der Waals surface area contributed by atoms with Crippen molar-refractivity contribution in [3.63, 3.8) is 0 Å². The van der Waals surface area contributed by atoms with Gasteiger partial charge in [0.25, 0.3) is 0 Å². The number of carbonyl (C=O) groups is 1. The number of aromatic nitrogens is 2. The summed E-state index contributed by atoms with van der Waals surface area (Å²) in [5, 5.41) is 6.26. The molecule has 2 heterocycles. The average Bonchev–Trinajstić information content (AvgIpc) is 3.03. The van der Waals surface area contributed by atoms with Gasteiger partial charge in [0.15, 0.2) is 0 Å². The van der Waals surface area contributed by atoms with E-state index in [4.69, 9.17) is 0 Å². The van der Waals surface area contributed by atoms with Crippen molar-refractivity contribution in [3.05, 3.63) is 43.0 Å². The number of benzene rings is 1. The number of amides is 1. The Labute approximate surface area is 142 Å². The molecule has 120 valence electrons. The van der Waals surface area contributed by atoms with Gasteiger partial charge < -0.3 is 15.2 Å². The summed E-state index contributed by atoms with van der Waals surface area (Å²) >= 11 is 0. The molecular weight excluding hydrogens is 323 g/mol. The van der Waals surface area contributed by atoms with Crippen LogP contribution in [0.2, 0.25) is 0 Å². The number of carbonyl (C=O) groups excluding carboxylic acids is 1. The summed E-state index contributed by atoms with van der Waals surface area (Å²) in [6, 6.07) is 7.79. The first-order valence-electron chi connectivity index (χ1n) is 6.93. The van der Waals surface area contributed by atoms with Gasteiger partial charge in [-0.2, -0.15) is 0 Å². The van der Waals surface area contributed by atoms with Crippen LogP contribution in [0.25, 0.3) is 5.69 Å². The quantitative estimate of drug-likeness (QED) is 0.901. The molecule has 0 bridgehead atoms. The maximum absolute atomic E-state index is 12.2. The maximum Gasteiger partial charge on any atom is 0.228 e. The molecule has 5 nitrogen and oxygen atoms in total. The maximum atomic E-state index is 12.2. The Bertz CT molecular complexity index is 583. The molecule has 0 aliphatic carbocycles. The van der Waals surface area contributed by atoms with E-state index in [0.29, 0.717) is 0 Å². The second-order valence-electron chi connectivity index (χ2n) is 5.05. The lowest BCUT2D eigenvalue weighted by Gasteiger charge is -2.22. The molecule has 1 aromatic carbocycles. The number of halogens is 2. The van der Waals surface area contributed by atoms with Gasteiger partial charge in [-0.3, -0.25) is 4.79 Å². The van der Waals surface area contributed by atoms with Crippen LogP contribution in [0, 0.1) is 5.92 Å². The highest BCUT2D eigenvalue weighted by Crippen LogP contribution is 2.17. The first-order valence-corrected chi connectivity index (χ1v) is 6.93. The standard InChI is InChI=1S/C15H18N4O.2ClH/c20-15(12-3-2-6-16-10-12)18-13-4-1-5-14(9-13)19-8-7-17-11-19;;/h1,4-5,7-9,11-12,16H,2-3,6,10H2,(H,18,20);2*1H. The lowest BCUT2D eigenvalue weighted by molar-refractivity contribution is -0.120. The number of nitrogens with one attached hydrogen (secondary N) is 2. The number of hydrogen-bond donors (Lipinski definition) is 2. The summed E-state index contributed by atoms with van der Waals surface area (Å²) in [5.41, 5.74) is 1.81. The van der Waals surface area contributed by atoms with Crippen LogP contribution in [-0.4, -0.2) is 28.5 Å². The van der Waals surface area contributed by atoms with Gasteiger partial charge in [-0.25, -0.2) is 4.98 Å². The molecule has 1 unspecified atom stereocenters. The largest absolute Gasteiger partial charge is 0.326 e. The minimum Gasteiger partial charge on any atom is -0.326 e. The fraction of sp³-hybridized carbons (Fsp3) is 0.333. The van der Waals surface area contributed by atoms with Crippen molar-refractivity contribution >= 4 is 36.4 Å². The highest BCUT2D eigenvalue weighted by molar-refractivity contribution is 5.93. The van der Waals surface area contributed by atoms with E-state index in [9.17, 15) is 4.79 Å².